The summed E-state index contributed by atoms with van der Waals surface area (Å²) in [7, 11) is 0. The van der Waals surface area contributed by atoms with E-state index in [0.29, 0.717) is 10.9 Å². The van der Waals surface area contributed by atoms with E-state index in [-0.39, 0.29) is 31.7 Å². The average Bonchev–Trinajstić information content (AvgIpc) is 3.24. The number of hydrogen-bond acceptors (Lipinski definition) is 3. The summed E-state index contributed by atoms with van der Waals surface area (Å²) in [6.45, 7) is 1.38. The summed E-state index contributed by atoms with van der Waals surface area (Å²) >= 11 is 0. The van der Waals surface area contributed by atoms with Crippen LogP contribution in [0.15, 0.2) is 18.3 Å². The standard InChI is InChI=1S/C18H20F4N4O2/c1-17(19,20)11-3-4-26(9-11)15(27)8-24-16(28)12-5-10-6-14(18(2,21)22)23-7-13(10)25-12/h5-7,11,25H,3-4,8-9H2,1-2H3,(H,24,28). The Morgan fingerprint density at radius 1 is 1.29 bits per heavy atom. The van der Waals surface area contributed by atoms with Crippen molar-refractivity contribution in [2.75, 3.05) is 19.6 Å². The predicted octanol–water partition coefficient (Wildman–Crippen LogP) is 2.91. The van der Waals surface area contributed by atoms with Crippen molar-refractivity contribution in [1.29, 1.82) is 0 Å². The van der Waals surface area contributed by atoms with E-state index >= 15 is 0 Å². The fraction of sp³-hybridized carbons (Fsp3) is 0.500. The van der Waals surface area contributed by atoms with Crippen LogP contribution in [0.3, 0.4) is 0 Å². The number of aromatic amines is 1. The largest absolute Gasteiger partial charge is 0.349 e. The molecule has 1 fully saturated rings. The van der Waals surface area contributed by atoms with Crippen molar-refractivity contribution in [2.45, 2.75) is 32.1 Å². The molecule has 1 saturated heterocycles. The lowest BCUT2D eigenvalue weighted by Gasteiger charge is -2.20. The van der Waals surface area contributed by atoms with Gasteiger partial charge in [0.15, 0.2) is 0 Å². The molecular weight excluding hydrogens is 380 g/mol. The highest BCUT2D eigenvalue weighted by Crippen LogP contribution is 2.31. The van der Waals surface area contributed by atoms with Gasteiger partial charge in [0, 0.05) is 31.3 Å². The highest BCUT2D eigenvalue weighted by Gasteiger charge is 2.40. The van der Waals surface area contributed by atoms with E-state index in [1.165, 1.54) is 23.2 Å². The van der Waals surface area contributed by atoms with E-state index in [1.54, 1.807) is 0 Å². The SMILES string of the molecule is CC(F)(F)c1cc2cc(C(=O)NCC(=O)N3CCC(C(C)(F)F)C3)[nH]c2cn1. The molecule has 2 aromatic heterocycles. The quantitative estimate of drug-likeness (QED) is 0.758. The zero-order valence-electron chi connectivity index (χ0n) is 15.4. The van der Waals surface area contributed by atoms with Gasteiger partial charge < -0.3 is 15.2 Å². The monoisotopic (exact) mass is 400 g/mol. The second-order valence-electron chi connectivity index (χ2n) is 7.19. The molecule has 1 aliphatic rings. The van der Waals surface area contributed by atoms with Gasteiger partial charge in [-0.1, -0.05) is 0 Å². The molecule has 3 rings (SSSR count). The summed E-state index contributed by atoms with van der Waals surface area (Å²) in [6.07, 6.45) is 1.42. The number of H-pyrrole nitrogens is 1. The van der Waals surface area contributed by atoms with Crippen LogP contribution in [0.5, 0.6) is 0 Å². The number of amides is 2. The smallest absolute Gasteiger partial charge is 0.286 e. The fourth-order valence-electron chi connectivity index (χ4n) is 3.16. The third-order valence-electron chi connectivity index (χ3n) is 4.86. The number of pyridine rings is 1. The number of alkyl halides is 4. The van der Waals surface area contributed by atoms with Crippen molar-refractivity contribution in [3.8, 4) is 0 Å². The number of hydrogen-bond donors (Lipinski definition) is 2. The molecule has 0 spiro atoms. The molecule has 2 N–H and O–H groups in total. The van der Waals surface area contributed by atoms with Gasteiger partial charge in [-0.25, -0.2) is 8.78 Å². The molecule has 0 saturated carbocycles. The zero-order chi connectivity index (χ0) is 20.7. The van der Waals surface area contributed by atoms with Crippen LogP contribution in [0.25, 0.3) is 10.9 Å². The average molecular weight is 400 g/mol. The summed E-state index contributed by atoms with van der Waals surface area (Å²) < 4.78 is 53.4. The number of fused-ring (bicyclic) bond motifs is 1. The fourth-order valence-corrected chi connectivity index (χ4v) is 3.16. The lowest BCUT2D eigenvalue weighted by Crippen LogP contribution is -2.40. The molecule has 0 aromatic carbocycles. The number of carbonyl (C=O) groups is 2. The number of carbonyl (C=O) groups excluding carboxylic acids is 2. The number of halogens is 4. The first-order chi connectivity index (χ1) is 12.9. The Morgan fingerprint density at radius 2 is 2.00 bits per heavy atom. The number of aromatic nitrogens is 2. The normalized spacial score (nSPS) is 17.9. The second kappa shape index (κ2) is 7.06. The lowest BCUT2D eigenvalue weighted by atomic mass is 10.0. The summed E-state index contributed by atoms with van der Waals surface area (Å²) in [4.78, 5) is 32.1. The third kappa shape index (κ3) is 4.26. The Hall–Kier alpha value is -2.65. The molecule has 0 bridgehead atoms. The van der Waals surface area contributed by atoms with Gasteiger partial charge in [0.1, 0.15) is 11.4 Å². The van der Waals surface area contributed by atoms with Crippen LogP contribution in [0, 0.1) is 5.92 Å². The molecular formula is C18H20F4N4O2. The van der Waals surface area contributed by atoms with Crippen LogP contribution in [0.2, 0.25) is 0 Å². The maximum absolute atomic E-state index is 13.4. The van der Waals surface area contributed by atoms with E-state index in [9.17, 15) is 27.2 Å². The topological polar surface area (TPSA) is 78.1 Å². The van der Waals surface area contributed by atoms with Crippen molar-refractivity contribution in [1.82, 2.24) is 20.2 Å². The molecule has 28 heavy (non-hydrogen) atoms. The Bertz CT molecular complexity index is 901. The maximum Gasteiger partial charge on any atom is 0.286 e. The highest BCUT2D eigenvalue weighted by atomic mass is 19.3. The van der Waals surface area contributed by atoms with E-state index in [1.807, 2.05) is 0 Å². The molecule has 1 aliphatic heterocycles. The van der Waals surface area contributed by atoms with Crippen LogP contribution in [0.4, 0.5) is 17.6 Å². The molecule has 2 amide bonds. The van der Waals surface area contributed by atoms with Gasteiger partial charge in [-0.3, -0.25) is 14.6 Å². The van der Waals surface area contributed by atoms with Crippen molar-refractivity contribution in [2.24, 2.45) is 5.92 Å². The Balaban J connectivity index is 1.61. The van der Waals surface area contributed by atoms with Crippen molar-refractivity contribution in [3.63, 3.8) is 0 Å². The third-order valence-corrected chi connectivity index (χ3v) is 4.86. The molecule has 6 nitrogen and oxygen atoms in total. The van der Waals surface area contributed by atoms with E-state index in [2.05, 4.69) is 15.3 Å². The highest BCUT2D eigenvalue weighted by molar-refractivity contribution is 5.99. The van der Waals surface area contributed by atoms with Crippen LogP contribution < -0.4 is 5.32 Å². The summed E-state index contributed by atoms with van der Waals surface area (Å²) in [5.74, 6) is -7.91. The van der Waals surface area contributed by atoms with Crippen molar-refractivity contribution >= 4 is 22.7 Å². The van der Waals surface area contributed by atoms with Crippen LogP contribution >= 0.6 is 0 Å². The molecule has 152 valence electrons. The van der Waals surface area contributed by atoms with Crippen LogP contribution in [-0.2, 0) is 10.7 Å². The van der Waals surface area contributed by atoms with Gasteiger partial charge >= 0.3 is 0 Å². The van der Waals surface area contributed by atoms with E-state index in [4.69, 9.17) is 0 Å². The molecule has 2 aromatic rings. The van der Waals surface area contributed by atoms with Crippen LogP contribution in [0.1, 0.15) is 36.5 Å². The minimum Gasteiger partial charge on any atom is -0.349 e. The minimum atomic E-state index is -3.11. The van der Waals surface area contributed by atoms with Gasteiger partial charge in [-0.15, -0.1) is 0 Å². The molecule has 0 radical (unpaired) electrons. The predicted molar refractivity (Wildman–Crippen MR) is 93.3 cm³/mol. The van der Waals surface area contributed by atoms with E-state index < -0.39 is 35.3 Å². The summed E-state index contributed by atoms with van der Waals surface area (Å²) in [5.41, 5.74) is 0.0649. The van der Waals surface area contributed by atoms with Gasteiger partial charge in [0.25, 0.3) is 11.8 Å². The van der Waals surface area contributed by atoms with Gasteiger partial charge in [-0.05, 0) is 25.5 Å². The first-order valence-electron chi connectivity index (χ1n) is 8.76. The second-order valence-corrected chi connectivity index (χ2v) is 7.19. The Morgan fingerprint density at radius 3 is 2.61 bits per heavy atom. The van der Waals surface area contributed by atoms with Crippen molar-refractivity contribution in [3.05, 3.63) is 29.7 Å². The Kier molecular flexibility index (Phi) is 5.07. The molecule has 10 heteroatoms. The maximum atomic E-state index is 13.4. The van der Waals surface area contributed by atoms with Crippen molar-refractivity contribution < 1.29 is 27.2 Å². The lowest BCUT2D eigenvalue weighted by molar-refractivity contribution is -0.129. The molecule has 0 aliphatic carbocycles. The van der Waals surface area contributed by atoms with Gasteiger partial charge in [0.2, 0.25) is 11.8 Å². The first-order valence-corrected chi connectivity index (χ1v) is 8.76. The molecule has 1 atom stereocenters. The first kappa shape index (κ1) is 20.1. The molecule has 1 unspecified atom stereocenters. The number of nitrogens with zero attached hydrogens (tertiary/aromatic N) is 2. The zero-order valence-corrected chi connectivity index (χ0v) is 15.4. The number of nitrogens with one attached hydrogen (secondary N) is 2. The Labute approximate surface area is 158 Å². The minimum absolute atomic E-state index is 0.0513. The number of rotatable bonds is 5. The van der Waals surface area contributed by atoms with Gasteiger partial charge in [0.05, 0.1) is 18.3 Å². The van der Waals surface area contributed by atoms with Gasteiger partial charge in [-0.2, -0.15) is 8.78 Å². The van der Waals surface area contributed by atoms with E-state index in [0.717, 1.165) is 13.8 Å². The van der Waals surface area contributed by atoms with Crippen LogP contribution in [-0.4, -0.2) is 52.2 Å². The molecule has 3 heterocycles. The number of likely N-dealkylation sites (tertiary alicyclic amines) is 1. The summed E-state index contributed by atoms with van der Waals surface area (Å²) in [6, 6.07) is 2.57. The summed E-state index contributed by atoms with van der Waals surface area (Å²) in [5, 5.41) is 2.80.